The van der Waals surface area contributed by atoms with Gasteiger partial charge in [-0.2, -0.15) is 0 Å². The molecule has 0 amide bonds. The van der Waals surface area contributed by atoms with Gasteiger partial charge >= 0.3 is 5.97 Å². The van der Waals surface area contributed by atoms with Gasteiger partial charge < -0.3 is 9.47 Å². The molecule has 0 heterocycles. The number of esters is 1. The molecule has 4 aliphatic carbocycles. The Labute approximate surface area is 132 Å². The van der Waals surface area contributed by atoms with Crippen LogP contribution in [-0.2, 0) is 14.9 Å². The molecule has 4 bridgehead atoms. The molecule has 3 heteroatoms. The number of rotatable bonds is 4. The van der Waals surface area contributed by atoms with Gasteiger partial charge in [0.05, 0.1) is 7.11 Å². The van der Waals surface area contributed by atoms with Gasteiger partial charge in [0.15, 0.2) is 6.61 Å². The van der Waals surface area contributed by atoms with Crippen LogP contribution in [-0.4, -0.2) is 19.7 Å². The van der Waals surface area contributed by atoms with Crippen molar-refractivity contribution in [3.63, 3.8) is 0 Å². The summed E-state index contributed by atoms with van der Waals surface area (Å²) < 4.78 is 10.5. The van der Waals surface area contributed by atoms with Gasteiger partial charge in [-0.1, -0.05) is 18.2 Å². The summed E-state index contributed by atoms with van der Waals surface area (Å²) >= 11 is 0. The second-order valence-electron chi connectivity index (χ2n) is 7.56. The highest BCUT2D eigenvalue weighted by Crippen LogP contribution is 2.61. The standard InChI is InChI=1S/C19H24O3/c1-21-18(20)12-22-17-5-3-2-4-16(17)19-9-13-6-14(10-19)8-15(7-13)11-19/h2-5,13-15H,6-12H2,1H3. The summed E-state index contributed by atoms with van der Waals surface area (Å²) in [6, 6.07) is 8.34. The Hall–Kier alpha value is -1.51. The van der Waals surface area contributed by atoms with E-state index in [1.54, 1.807) is 0 Å². The van der Waals surface area contributed by atoms with Crippen LogP contribution in [0, 0.1) is 17.8 Å². The zero-order chi connectivity index (χ0) is 15.2. The molecule has 4 fully saturated rings. The van der Waals surface area contributed by atoms with Crippen LogP contribution in [0.5, 0.6) is 5.75 Å². The van der Waals surface area contributed by atoms with Gasteiger partial charge in [-0.3, -0.25) is 0 Å². The smallest absolute Gasteiger partial charge is 0.343 e. The van der Waals surface area contributed by atoms with E-state index in [1.807, 2.05) is 12.1 Å². The first-order valence-electron chi connectivity index (χ1n) is 8.48. The van der Waals surface area contributed by atoms with E-state index in [9.17, 15) is 4.79 Å². The second kappa shape index (κ2) is 5.29. The fourth-order valence-corrected chi connectivity index (χ4v) is 5.67. The Morgan fingerprint density at radius 2 is 1.68 bits per heavy atom. The number of carbonyl (C=O) groups excluding carboxylic acids is 1. The average molecular weight is 300 g/mol. The van der Waals surface area contributed by atoms with Crippen molar-refractivity contribution in [3.8, 4) is 5.75 Å². The zero-order valence-electron chi connectivity index (χ0n) is 13.2. The quantitative estimate of drug-likeness (QED) is 0.795. The van der Waals surface area contributed by atoms with Gasteiger partial charge in [0.25, 0.3) is 0 Å². The van der Waals surface area contributed by atoms with Crippen molar-refractivity contribution in [2.75, 3.05) is 13.7 Å². The van der Waals surface area contributed by atoms with Crippen LogP contribution in [0.1, 0.15) is 44.1 Å². The number of benzene rings is 1. The van der Waals surface area contributed by atoms with Crippen molar-refractivity contribution < 1.29 is 14.3 Å². The third-order valence-corrected chi connectivity index (χ3v) is 6.07. The highest BCUT2D eigenvalue weighted by molar-refractivity contribution is 5.71. The van der Waals surface area contributed by atoms with E-state index in [1.165, 1.54) is 51.2 Å². The fourth-order valence-electron chi connectivity index (χ4n) is 5.67. The van der Waals surface area contributed by atoms with Crippen LogP contribution in [0.3, 0.4) is 0 Å². The van der Waals surface area contributed by atoms with Gasteiger partial charge in [0.1, 0.15) is 5.75 Å². The molecule has 3 nitrogen and oxygen atoms in total. The minimum atomic E-state index is -0.319. The molecule has 0 unspecified atom stereocenters. The SMILES string of the molecule is COC(=O)COc1ccccc1C12CC3CC(CC(C3)C1)C2. The maximum absolute atomic E-state index is 11.4. The van der Waals surface area contributed by atoms with Crippen molar-refractivity contribution in [1.82, 2.24) is 0 Å². The summed E-state index contributed by atoms with van der Waals surface area (Å²) in [4.78, 5) is 11.4. The van der Waals surface area contributed by atoms with Gasteiger partial charge in [0.2, 0.25) is 0 Å². The predicted molar refractivity (Wildman–Crippen MR) is 83.8 cm³/mol. The summed E-state index contributed by atoms with van der Waals surface area (Å²) in [5, 5.41) is 0. The highest BCUT2D eigenvalue weighted by atomic mass is 16.6. The fraction of sp³-hybridized carbons (Fsp3) is 0.632. The number of hydrogen-bond acceptors (Lipinski definition) is 3. The molecule has 0 atom stereocenters. The minimum absolute atomic E-state index is 0.000120. The molecule has 1 aromatic rings. The third-order valence-electron chi connectivity index (χ3n) is 6.07. The maximum Gasteiger partial charge on any atom is 0.343 e. The number of para-hydroxylation sites is 1. The van der Waals surface area contributed by atoms with Gasteiger partial charge in [-0.15, -0.1) is 0 Å². The normalized spacial score (nSPS) is 35.4. The minimum Gasteiger partial charge on any atom is -0.482 e. The molecule has 0 saturated heterocycles. The average Bonchev–Trinajstić information content (AvgIpc) is 2.51. The molecule has 4 aliphatic rings. The molecule has 0 spiro atoms. The Morgan fingerprint density at radius 1 is 1.09 bits per heavy atom. The first kappa shape index (κ1) is 14.1. The lowest BCUT2D eigenvalue weighted by molar-refractivity contribution is -0.143. The van der Waals surface area contributed by atoms with Crippen LogP contribution in [0.2, 0.25) is 0 Å². The molecule has 0 N–H and O–H groups in total. The number of ether oxygens (including phenoxy) is 2. The van der Waals surface area contributed by atoms with Crippen molar-refractivity contribution in [2.24, 2.45) is 17.8 Å². The van der Waals surface area contributed by atoms with Crippen LogP contribution in [0.4, 0.5) is 0 Å². The van der Waals surface area contributed by atoms with Crippen LogP contribution in [0.15, 0.2) is 24.3 Å². The van der Waals surface area contributed by atoms with E-state index in [-0.39, 0.29) is 12.6 Å². The highest BCUT2D eigenvalue weighted by Gasteiger charge is 2.52. The van der Waals surface area contributed by atoms with Crippen molar-refractivity contribution >= 4 is 5.97 Å². The lowest BCUT2D eigenvalue weighted by Gasteiger charge is -2.57. The first-order chi connectivity index (χ1) is 10.7. The summed E-state index contributed by atoms with van der Waals surface area (Å²) in [7, 11) is 1.40. The molecular formula is C19H24O3. The molecule has 0 radical (unpaired) electrons. The van der Waals surface area contributed by atoms with Gasteiger partial charge in [-0.25, -0.2) is 4.79 Å². The summed E-state index contributed by atoms with van der Waals surface area (Å²) in [5.74, 6) is 3.27. The topological polar surface area (TPSA) is 35.5 Å². The lowest BCUT2D eigenvalue weighted by atomic mass is 9.48. The van der Waals surface area contributed by atoms with E-state index >= 15 is 0 Å². The summed E-state index contributed by atoms with van der Waals surface area (Å²) in [6.07, 6.45) is 8.21. The molecule has 22 heavy (non-hydrogen) atoms. The Balaban J connectivity index is 1.63. The Morgan fingerprint density at radius 3 is 2.27 bits per heavy atom. The molecule has 1 aromatic carbocycles. The van der Waals surface area contributed by atoms with E-state index < -0.39 is 0 Å². The van der Waals surface area contributed by atoms with Gasteiger partial charge in [0, 0.05) is 5.56 Å². The molecule has 5 rings (SSSR count). The van der Waals surface area contributed by atoms with E-state index in [0.717, 1.165) is 23.5 Å². The number of methoxy groups -OCH3 is 1. The van der Waals surface area contributed by atoms with Crippen molar-refractivity contribution in [3.05, 3.63) is 29.8 Å². The first-order valence-corrected chi connectivity index (χ1v) is 8.48. The van der Waals surface area contributed by atoms with Crippen LogP contribution >= 0.6 is 0 Å². The molecule has 4 saturated carbocycles. The van der Waals surface area contributed by atoms with Crippen molar-refractivity contribution in [1.29, 1.82) is 0 Å². The van der Waals surface area contributed by atoms with E-state index in [0.29, 0.717) is 5.41 Å². The number of carbonyl (C=O) groups is 1. The van der Waals surface area contributed by atoms with Crippen LogP contribution in [0.25, 0.3) is 0 Å². The maximum atomic E-state index is 11.4. The molecule has 118 valence electrons. The molecular weight excluding hydrogens is 276 g/mol. The van der Waals surface area contributed by atoms with Crippen molar-refractivity contribution in [2.45, 2.75) is 43.9 Å². The zero-order valence-corrected chi connectivity index (χ0v) is 13.2. The Bertz CT molecular complexity index is 543. The summed E-state index contributed by atoms with van der Waals surface area (Å²) in [6.45, 7) is -0.000120. The monoisotopic (exact) mass is 300 g/mol. The van der Waals surface area contributed by atoms with Crippen LogP contribution < -0.4 is 4.74 Å². The second-order valence-corrected chi connectivity index (χ2v) is 7.56. The van der Waals surface area contributed by atoms with E-state index in [4.69, 9.17) is 9.47 Å². The third kappa shape index (κ3) is 2.31. The number of hydrogen-bond donors (Lipinski definition) is 0. The lowest BCUT2D eigenvalue weighted by Crippen LogP contribution is -2.48. The Kier molecular flexibility index (Phi) is 3.39. The van der Waals surface area contributed by atoms with E-state index in [2.05, 4.69) is 12.1 Å². The largest absolute Gasteiger partial charge is 0.482 e. The molecule has 0 aliphatic heterocycles. The molecule has 0 aromatic heterocycles. The predicted octanol–water partition coefficient (Wildman–Crippen LogP) is 3.71. The summed E-state index contributed by atoms with van der Waals surface area (Å²) in [5.41, 5.74) is 1.62. The van der Waals surface area contributed by atoms with Gasteiger partial charge in [-0.05, 0) is 67.8 Å².